The van der Waals surface area contributed by atoms with Gasteiger partial charge >= 0.3 is 0 Å². The average Bonchev–Trinajstić information content (AvgIpc) is 1.76. The van der Waals surface area contributed by atoms with E-state index in [0.29, 0.717) is 0 Å². The highest BCUT2D eigenvalue weighted by Crippen LogP contribution is 2.44. The molecule has 0 aliphatic rings. The van der Waals surface area contributed by atoms with Crippen molar-refractivity contribution < 1.29 is 0 Å². The van der Waals surface area contributed by atoms with Gasteiger partial charge in [-0.3, -0.25) is 59.8 Å². The van der Waals surface area contributed by atoms with Gasteiger partial charge in [0.15, 0.2) is 0 Å². The van der Waals surface area contributed by atoms with Crippen LogP contribution in [0.2, 0.25) is 0 Å². The second-order valence-electron chi connectivity index (χ2n) is 25.9. The molecule has 19 aromatic rings. The predicted molar refractivity (Wildman–Crippen MR) is 450 cm³/mol. The smallest absolute Gasteiger partial charge is 0.125 e. The Morgan fingerprint density at radius 1 is 0.170 bits per heavy atom. The van der Waals surface area contributed by atoms with Gasteiger partial charge < -0.3 is 4.90 Å². The van der Waals surface area contributed by atoms with E-state index >= 15 is 0 Å². The highest BCUT2D eigenvalue weighted by Gasteiger charge is 2.19. The molecule has 0 unspecified atom stereocenters. The van der Waals surface area contributed by atoms with E-state index in [1.807, 2.05) is 202 Å². The summed E-state index contributed by atoms with van der Waals surface area (Å²) in [4.78, 5) is 73.6. The fraction of sp³-hybridized carbons (Fsp3) is 0. The maximum absolute atomic E-state index is 4.84. The zero-order valence-corrected chi connectivity index (χ0v) is 62.0. The number of hydrogen-bond acceptors (Lipinski definition) is 19. The summed E-state index contributed by atoms with van der Waals surface area (Å²) in [5.74, 6) is 0. The van der Waals surface area contributed by atoms with Crippen LogP contribution in [0.25, 0.3) is 164 Å². The lowest BCUT2D eigenvalue weighted by Gasteiger charge is -2.26. The summed E-state index contributed by atoms with van der Waals surface area (Å²) in [7, 11) is 0. The van der Waals surface area contributed by atoms with Crippen LogP contribution < -0.4 is 4.90 Å². The first kappa shape index (κ1) is 69.1. The van der Waals surface area contributed by atoms with Crippen LogP contribution in [-0.2, 0) is 0 Å². The summed E-state index contributed by atoms with van der Waals surface area (Å²) in [6.07, 6.45) is 38.8. The number of hydrogen-bond donors (Lipinski definition) is 0. The van der Waals surface area contributed by atoms with E-state index in [1.54, 1.807) is 71.2 Å². The molecular weight excluding hydrogens is 1440 g/mol. The number of pyridine rings is 12. The third-order valence-electron chi connectivity index (χ3n) is 18.7. The standard InChI is InChI=1S/C48H33N7.C45H27N9S3/c1-4-40(28-49-25-1)46-22-13-37(31-52-46)34-7-16-43(17-8-34)55(44-18-9-35(10-19-44)38-14-23-47(53-32-38)41-5-2-26-50-29-41)45-20-11-36(12-21-45)39-15-24-48(54-33-39)42-6-3-27-51-30-42;1-4-28(19-46-13-1)37-10-7-31(22-49-37)43-52-25-40(55-43)34-16-35(41-26-53-44(56-41)32-8-11-38(50-23-32)29-5-2-14-47-20-29)18-36(17-34)42-27-54-45(57-42)33-9-12-39(51-24-33)30-6-3-15-48-21-30/h1-33H;1-27H. The molecule has 0 saturated heterocycles. The Kier molecular flexibility index (Phi) is 19.8. The second kappa shape index (κ2) is 32.1. The molecule has 0 atom stereocenters. The van der Waals surface area contributed by atoms with E-state index < -0.39 is 0 Å². The Morgan fingerprint density at radius 3 is 0.580 bits per heavy atom. The SMILES string of the molecule is c1cncc(-c2ccc(-c3ccc(N(c4ccc(-c5ccc(-c6cccnc6)nc5)cc4)c4ccc(-c5ccc(-c6cccnc6)nc5)cc4)cc3)cn2)c1.c1cncc(-c2ccc(-c3ncc(-c4cc(-c5cnc(-c6ccc(-c7cccnc7)nc6)s5)cc(-c5cnc(-c6ccc(-c7cccnc7)nc6)s5)c4)s3)cn2)c1. The summed E-state index contributed by atoms with van der Waals surface area (Å²) < 4.78 is 0. The Labute approximate surface area is 656 Å². The molecule has 15 aromatic heterocycles. The first-order valence-corrected chi connectivity index (χ1v) is 38.3. The Morgan fingerprint density at radius 2 is 0.384 bits per heavy atom. The Bertz CT molecular complexity index is 5700. The van der Waals surface area contributed by atoms with Gasteiger partial charge in [-0.2, -0.15) is 0 Å². The summed E-state index contributed by atoms with van der Waals surface area (Å²) >= 11 is 4.91. The largest absolute Gasteiger partial charge is 0.311 e. The van der Waals surface area contributed by atoms with Crippen molar-refractivity contribution in [1.82, 2.24) is 74.8 Å². The monoisotopic (exact) mass is 1500 g/mol. The number of rotatable bonds is 18. The van der Waals surface area contributed by atoms with E-state index in [0.717, 1.165) is 181 Å². The van der Waals surface area contributed by atoms with Gasteiger partial charge in [-0.1, -0.05) is 54.6 Å². The van der Waals surface area contributed by atoms with Gasteiger partial charge in [0.05, 0.1) is 48.8 Å². The molecule has 0 fully saturated rings. The lowest BCUT2D eigenvalue weighted by Crippen LogP contribution is -2.09. The molecule has 16 nitrogen and oxygen atoms in total. The molecule has 19 heteroatoms. The Hall–Kier alpha value is -14.6. The first-order chi connectivity index (χ1) is 55.4. The van der Waals surface area contributed by atoms with E-state index in [4.69, 9.17) is 44.9 Å². The minimum absolute atomic E-state index is 0.870. The third-order valence-corrected chi connectivity index (χ3v) is 22.0. The maximum atomic E-state index is 4.84. The quantitative estimate of drug-likeness (QED) is 0.0785. The first-order valence-electron chi connectivity index (χ1n) is 35.8. The molecule has 0 aliphatic carbocycles. The van der Waals surface area contributed by atoms with Gasteiger partial charge in [-0.15, -0.1) is 34.0 Å². The molecule has 4 aromatic carbocycles. The number of thiazole rings is 3. The van der Waals surface area contributed by atoms with Gasteiger partial charge in [0.2, 0.25) is 0 Å². The van der Waals surface area contributed by atoms with Crippen molar-refractivity contribution in [1.29, 1.82) is 0 Å². The molecule has 112 heavy (non-hydrogen) atoms. The number of aromatic nitrogens is 15. The fourth-order valence-electron chi connectivity index (χ4n) is 12.9. The van der Waals surface area contributed by atoms with Gasteiger partial charge in [0.1, 0.15) is 15.0 Å². The minimum Gasteiger partial charge on any atom is -0.311 e. The van der Waals surface area contributed by atoms with E-state index in [-0.39, 0.29) is 0 Å². The predicted octanol–water partition coefficient (Wildman–Crippen LogP) is 23.0. The highest BCUT2D eigenvalue weighted by molar-refractivity contribution is 7.19. The lowest BCUT2D eigenvalue weighted by atomic mass is 10.0. The van der Waals surface area contributed by atoms with Crippen molar-refractivity contribution in [2.75, 3.05) is 4.90 Å². The summed E-state index contributed by atoms with van der Waals surface area (Å²) in [5, 5.41) is 2.69. The molecule has 530 valence electrons. The van der Waals surface area contributed by atoms with Gasteiger partial charge in [0, 0.05) is 214 Å². The molecule has 0 radical (unpaired) electrons. The van der Waals surface area contributed by atoms with Gasteiger partial charge in [0.25, 0.3) is 0 Å². The average molecular weight is 1500 g/mol. The highest BCUT2D eigenvalue weighted by atomic mass is 32.1. The number of nitrogens with zero attached hydrogens (tertiary/aromatic N) is 16. The van der Waals surface area contributed by atoms with Crippen molar-refractivity contribution in [3.63, 3.8) is 0 Å². The Balaban J connectivity index is 0.000000157. The van der Waals surface area contributed by atoms with Crippen molar-refractivity contribution in [2.45, 2.75) is 0 Å². The van der Waals surface area contributed by atoms with Crippen LogP contribution in [0, 0.1) is 0 Å². The van der Waals surface area contributed by atoms with Crippen LogP contribution in [0.4, 0.5) is 17.1 Å². The van der Waals surface area contributed by atoms with Crippen LogP contribution >= 0.6 is 34.0 Å². The lowest BCUT2D eigenvalue weighted by molar-refractivity contribution is 1.27. The summed E-state index contributed by atoms with van der Waals surface area (Å²) in [6.45, 7) is 0. The van der Waals surface area contributed by atoms with Crippen LogP contribution in [0.15, 0.2) is 367 Å². The maximum Gasteiger partial charge on any atom is 0.125 e. The van der Waals surface area contributed by atoms with Crippen LogP contribution in [0.3, 0.4) is 0 Å². The van der Waals surface area contributed by atoms with Crippen molar-refractivity contribution in [2.24, 2.45) is 0 Å². The van der Waals surface area contributed by atoms with Crippen LogP contribution in [0.1, 0.15) is 0 Å². The minimum atomic E-state index is 0.870. The molecule has 0 bridgehead atoms. The third kappa shape index (κ3) is 15.5. The topological polar surface area (TPSA) is 197 Å². The van der Waals surface area contributed by atoms with Crippen molar-refractivity contribution >= 4 is 51.1 Å². The fourth-order valence-corrected chi connectivity index (χ4v) is 15.6. The molecule has 0 N–H and O–H groups in total. The second-order valence-corrected chi connectivity index (χ2v) is 29.0. The molecule has 0 saturated carbocycles. The number of benzene rings is 4. The van der Waals surface area contributed by atoms with Gasteiger partial charge in [-0.25, -0.2) is 15.0 Å². The van der Waals surface area contributed by atoms with Crippen LogP contribution in [-0.4, -0.2) is 74.8 Å². The molecular formula is C93H60N16S3. The molecule has 0 spiro atoms. The zero-order chi connectivity index (χ0) is 74.8. The van der Waals surface area contributed by atoms with Crippen molar-refractivity contribution in [3.8, 4) is 164 Å². The van der Waals surface area contributed by atoms with Crippen molar-refractivity contribution in [3.05, 3.63) is 367 Å². The molecule has 19 rings (SSSR count). The number of anilines is 3. The van der Waals surface area contributed by atoms with E-state index in [1.165, 1.54) is 0 Å². The summed E-state index contributed by atoms with van der Waals surface area (Å²) in [6, 6.07) is 80.8. The van der Waals surface area contributed by atoms with Crippen LogP contribution in [0.5, 0.6) is 0 Å². The molecule has 0 amide bonds. The van der Waals surface area contributed by atoms with E-state index in [9.17, 15) is 0 Å². The molecule has 15 heterocycles. The molecule has 0 aliphatic heterocycles. The summed E-state index contributed by atoms with van der Waals surface area (Å²) in [5.41, 5.74) is 26.8. The van der Waals surface area contributed by atoms with Gasteiger partial charge in [-0.05, 0) is 215 Å². The zero-order valence-electron chi connectivity index (χ0n) is 59.5. The normalized spacial score (nSPS) is 11.0. The van der Waals surface area contributed by atoms with E-state index in [2.05, 4.69) is 162 Å².